The highest BCUT2D eigenvalue weighted by Crippen LogP contribution is 2.22. The summed E-state index contributed by atoms with van der Waals surface area (Å²) in [6.45, 7) is 3.96. The second kappa shape index (κ2) is 6.97. The molecule has 120 valence electrons. The van der Waals surface area contributed by atoms with Gasteiger partial charge in [-0.1, -0.05) is 12.1 Å². The Morgan fingerprint density at radius 1 is 1.09 bits per heavy atom. The van der Waals surface area contributed by atoms with E-state index in [-0.39, 0.29) is 22.2 Å². The van der Waals surface area contributed by atoms with Gasteiger partial charge in [-0.2, -0.15) is 0 Å². The first-order valence-corrected chi connectivity index (χ1v) is 7.25. The summed E-state index contributed by atoms with van der Waals surface area (Å²) in [5.41, 5.74) is 7.98. The first-order chi connectivity index (χ1) is 10.9. The lowest BCUT2D eigenvalue weighted by Crippen LogP contribution is -2.43. The molecule has 0 saturated heterocycles. The highest BCUT2D eigenvalue weighted by Gasteiger charge is 2.12. The van der Waals surface area contributed by atoms with E-state index >= 15 is 0 Å². The van der Waals surface area contributed by atoms with Crippen LogP contribution in [0.3, 0.4) is 0 Å². The summed E-state index contributed by atoms with van der Waals surface area (Å²) in [5, 5.41) is 22.0. The van der Waals surface area contributed by atoms with Crippen LogP contribution < -0.4 is 16.2 Å². The molecule has 5 N–H and O–H groups in total. The molecule has 23 heavy (non-hydrogen) atoms. The molecule has 0 aliphatic carbocycles. The standard InChI is InChI=1S/C16H17N3O3S/c1-9-4-3-5-13(10(9)2)17-16(23)19-18-15(22)12-7-6-11(20)8-14(12)21/h3-8,20-21H,1-2H3,(H,18,22)(H2,17,19,23). The number of phenols is 2. The van der Waals surface area contributed by atoms with E-state index in [0.717, 1.165) is 22.9 Å². The summed E-state index contributed by atoms with van der Waals surface area (Å²) in [4.78, 5) is 12.0. The van der Waals surface area contributed by atoms with Gasteiger partial charge in [0, 0.05) is 11.8 Å². The van der Waals surface area contributed by atoms with Gasteiger partial charge in [0.15, 0.2) is 5.11 Å². The van der Waals surface area contributed by atoms with Crippen LogP contribution in [0.25, 0.3) is 0 Å². The molecule has 0 fully saturated rings. The largest absolute Gasteiger partial charge is 0.508 e. The average Bonchev–Trinajstić information content (AvgIpc) is 2.49. The molecule has 0 aliphatic rings. The number of nitrogens with one attached hydrogen (secondary N) is 3. The lowest BCUT2D eigenvalue weighted by molar-refractivity contribution is 0.0941. The number of carbonyl (C=O) groups excluding carboxylic acids is 1. The van der Waals surface area contributed by atoms with Crippen LogP contribution in [0.1, 0.15) is 21.5 Å². The van der Waals surface area contributed by atoms with Crippen molar-refractivity contribution in [3.63, 3.8) is 0 Å². The van der Waals surface area contributed by atoms with E-state index in [0.29, 0.717) is 0 Å². The Labute approximate surface area is 139 Å². The van der Waals surface area contributed by atoms with Crippen molar-refractivity contribution < 1.29 is 15.0 Å². The lowest BCUT2D eigenvalue weighted by Gasteiger charge is -2.14. The summed E-state index contributed by atoms with van der Waals surface area (Å²) in [7, 11) is 0. The molecule has 2 rings (SSSR count). The van der Waals surface area contributed by atoms with Crippen molar-refractivity contribution in [1.82, 2.24) is 10.9 Å². The van der Waals surface area contributed by atoms with Gasteiger partial charge >= 0.3 is 0 Å². The summed E-state index contributed by atoms with van der Waals surface area (Å²) in [6.07, 6.45) is 0. The van der Waals surface area contributed by atoms with E-state index in [1.165, 1.54) is 12.1 Å². The fraction of sp³-hybridized carbons (Fsp3) is 0.125. The van der Waals surface area contributed by atoms with Gasteiger partial charge in [-0.3, -0.25) is 15.6 Å². The van der Waals surface area contributed by atoms with Crippen molar-refractivity contribution in [2.45, 2.75) is 13.8 Å². The Morgan fingerprint density at radius 3 is 2.52 bits per heavy atom. The zero-order valence-corrected chi connectivity index (χ0v) is 13.5. The number of amides is 1. The summed E-state index contributed by atoms with van der Waals surface area (Å²) in [6, 6.07) is 9.47. The zero-order valence-electron chi connectivity index (χ0n) is 12.7. The second-order valence-electron chi connectivity index (χ2n) is 4.98. The van der Waals surface area contributed by atoms with Gasteiger partial charge in [0.1, 0.15) is 11.5 Å². The van der Waals surface area contributed by atoms with E-state index in [1.54, 1.807) is 0 Å². The van der Waals surface area contributed by atoms with E-state index in [4.69, 9.17) is 12.2 Å². The monoisotopic (exact) mass is 331 g/mol. The Morgan fingerprint density at radius 2 is 1.83 bits per heavy atom. The van der Waals surface area contributed by atoms with Crippen LogP contribution in [0.4, 0.5) is 5.69 Å². The van der Waals surface area contributed by atoms with Crippen LogP contribution in [0.5, 0.6) is 11.5 Å². The van der Waals surface area contributed by atoms with Crippen molar-refractivity contribution >= 4 is 28.9 Å². The van der Waals surface area contributed by atoms with E-state index in [1.807, 2.05) is 32.0 Å². The van der Waals surface area contributed by atoms with Crippen molar-refractivity contribution in [3.8, 4) is 11.5 Å². The summed E-state index contributed by atoms with van der Waals surface area (Å²) >= 11 is 5.12. The highest BCUT2D eigenvalue weighted by atomic mass is 32.1. The SMILES string of the molecule is Cc1cccc(NC(=S)NNC(=O)c2ccc(O)cc2O)c1C. The Hall–Kier alpha value is -2.80. The van der Waals surface area contributed by atoms with Crippen molar-refractivity contribution in [1.29, 1.82) is 0 Å². The van der Waals surface area contributed by atoms with Gasteiger partial charge in [-0.25, -0.2) is 0 Å². The molecule has 7 heteroatoms. The maximum atomic E-state index is 12.0. The minimum atomic E-state index is -0.576. The molecular formula is C16H17N3O3S. The summed E-state index contributed by atoms with van der Waals surface area (Å²) < 4.78 is 0. The first kappa shape index (κ1) is 16.6. The number of aryl methyl sites for hydroxylation is 1. The number of hydrogen-bond donors (Lipinski definition) is 5. The van der Waals surface area contributed by atoms with Gasteiger partial charge in [0.05, 0.1) is 5.56 Å². The van der Waals surface area contributed by atoms with Crippen LogP contribution in [0, 0.1) is 13.8 Å². The number of thiocarbonyl (C=S) groups is 1. The molecule has 0 aliphatic heterocycles. The molecule has 2 aromatic carbocycles. The maximum absolute atomic E-state index is 12.0. The van der Waals surface area contributed by atoms with Gasteiger partial charge in [-0.05, 0) is 55.4 Å². The van der Waals surface area contributed by atoms with Crippen LogP contribution in [-0.2, 0) is 0 Å². The Balaban J connectivity index is 1.96. The zero-order chi connectivity index (χ0) is 17.0. The average molecular weight is 331 g/mol. The van der Waals surface area contributed by atoms with Gasteiger partial charge in [-0.15, -0.1) is 0 Å². The molecule has 0 atom stereocenters. The molecule has 1 amide bonds. The number of hydrogen-bond acceptors (Lipinski definition) is 4. The quantitative estimate of drug-likeness (QED) is 0.428. The smallest absolute Gasteiger partial charge is 0.273 e. The predicted octanol–water partition coefficient (Wildman–Crippen LogP) is 2.35. The molecule has 0 unspecified atom stereocenters. The fourth-order valence-electron chi connectivity index (χ4n) is 1.93. The van der Waals surface area contributed by atoms with Gasteiger partial charge in [0.25, 0.3) is 5.91 Å². The molecule has 0 bridgehead atoms. The maximum Gasteiger partial charge on any atom is 0.273 e. The second-order valence-corrected chi connectivity index (χ2v) is 5.39. The van der Waals surface area contributed by atoms with E-state index in [2.05, 4.69) is 16.2 Å². The minimum Gasteiger partial charge on any atom is -0.508 e. The number of anilines is 1. The molecule has 0 saturated carbocycles. The Kier molecular flexibility index (Phi) is 5.02. The lowest BCUT2D eigenvalue weighted by atomic mass is 10.1. The normalized spacial score (nSPS) is 10.0. The molecule has 2 aromatic rings. The minimum absolute atomic E-state index is 0.0184. The number of benzene rings is 2. The van der Waals surface area contributed by atoms with Crippen molar-refractivity contribution in [3.05, 3.63) is 53.1 Å². The van der Waals surface area contributed by atoms with Crippen molar-refractivity contribution in [2.75, 3.05) is 5.32 Å². The first-order valence-electron chi connectivity index (χ1n) is 6.84. The number of hydrazine groups is 1. The topological polar surface area (TPSA) is 93.6 Å². The highest BCUT2D eigenvalue weighted by molar-refractivity contribution is 7.80. The molecule has 0 heterocycles. The third kappa shape index (κ3) is 4.10. The van der Waals surface area contributed by atoms with E-state index < -0.39 is 5.91 Å². The van der Waals surface area contributed by atoms with Crippen LogP contribution >= 0.6 is 12.2 Å². The molecule has 0 radical (unpaired) electrons. The molecule has 0 aromatic heterocycles. The Bertz CT molecular complexity index is 762. The van der Waals surface area contributed by atoms with Crippen LogP contribution in [0.2, 0.25) is 0 Å². The number of aromatic hydroxyl groups is 2. The molecule has 0 spiro atoms. The van der Waals surface area contributed by atoms with Crippen LogP contribution in [-0.4, -0.2) is 21.2 Å². The third-order valence-electron chi connectivity index (χ3n) is 3.37. The number of phenolic OH excluding ortho intramolecular Hbond substituents is 2. The molecule has 6 nitrogen and oxygen atoms in total. The number of rotatable bonds is 2. The number of carbonyl (C=O) groups is 1. The van der Waals surface area contributed by atoms with E-state index in [9.17, 15) is 15.0 Å². The van der Waals surface area contributed by atoms with Crippen LogP contribution in [0.15, 0.2) is 36.4 Å². The van der Waals surface area contributed by atoms with Crippen molar-refractivity contribution in [2.24, 2.45) is 0 Å². The van der Waals surface area contributed by atoms with Gasteiger partial charge in [0.2, 0.25) is 0 Å². The molecular weight excluding hydrogens is 314 g/mol. The predicted molar refractivity (Wildman–Crippen MR) is 92.5 cm³/mol. The third-order valence-corrected chi connectivity index (χ3v) is 3.57. The van der Waals surface area contributed by atoms with Gasteiger partial charge < -0.3 is 15.5 Å². The summed E-state index contributed by atoms with van der Waals surface area (Å²) in [5.74, 6) is -1.02. The fourth-order valence-corrected chi connectivity index (χ4v) is 2.09.